The Morgan fingerprint density at radius 3 is 1.17 bits per heavy atom. The first-order valence-electron chi connectivity index (χ1n) is 32.2. The molecule has 94 heavy (non-hydrogen) atoms. The Hall–Kier alpha value is -12.6. The highest BCUT2D eigenvalue weighted by Crippen LogP contribution is 2.50. The van der Waals surface area contributed by atoms with Gasteiger partial charge >= 0.3 is 0 Å². The minimum absolute atomic E-state index is 0.904. The second-order valence-electron chi connectivity index (χ2n) is 24.8. The van der Waals surface area contributed by atoms with Crippen molar-refractivity contribution in [1.29, 1.82) is 0 Å². The van der Waals surface area contributed by atoms with Crippen molar-refractivity contribution in [2.75, 3.05) is 0 Å². The molecule has 0 aliphatic heterocycles. The standard InChI is InChI=1S/C88H54N6/c1-3-21-55(22-4-1)75-52-62(53-76(90-75)56-41-44-64(45-42-56)91-79-39-17-13-35-73(79)83-85(91)69-31-9-7-29-67(69)81-71-33-11-15-37-77(71)92(87(81)83)63-26-5-2-6-27-63)58-24-19-23-57(49-58)59-25-20-28-65(50-59)94-78-38-16-12-34-72(78)82-68-30-8-10-32-70(68)86-84(88(82)94)74-36-14-18-40-80(74)93(86)66-46-43-61-54-89-48-47-60(61)51-66/h1-54H. The van der Waals surface area contributed by atoms with Crippen LogP contribution in [0, 0.1) is 0 Å². The predicted octanol–water partition coefficient (Wildman–Crippen LogP) is 23.0. The predicted molar refractivity (Wildman–Crippen MR) is 394 cm³/mol. The number of pyridine rings is 2. The summed E-state index contributed by atoms with van der Waals surface area (Å²) in [5.74, 6) is 0. The molecule has 0 amide bonds. The van der Waals surface area contributed by atoms with Crippen LogP contribution >= 0.6 is 0 Å². The van der Waals surface area contributed by atoms with Gasteiger partial charge in [0.1, 0.15) is 0 Å². The van der Waals surface area contributed by atoms with Gasteiger partial charge in [-0.1, -0.05) is 218 Å². The third kappa shape index (κ3) is 7.71. The molecule has 6 aromatic heterocycles. The molecule has 0 atom stereocenters. The molecule has 0 aliphatic carbocycles. The number of hydrogen-bond acceptors (Lipinski definition) is 2. The summed E-state index contributed by atoms with van der Waals surface area (Å²) in [6, 6.07) is 116. The molecule has 0 saturated carbocycles. The lowest BCUT2D eigenvalue weighted by Crippen LogP contribution is -1.97. The van der Waals surface area contributed by atoms with Crippen molar-refractivity contribution in [1.82, 2.24) is 28.2 Å². The monoisotopic (exact) mass is 1190 g/mol. The van der Waals surface area contributed by atoms with Crippen molar-refractivity contribution in [2.45, 2.75) is 0 Å². The molecule has 6 nitrogen and oxygen atoms in total. The molecule has 0 saturated heterocycles. The first-order valence-corrected chi connectivity index (χ1v) is 32.2. The molecular weight excluding hydrogens is 1140 g/mol. The number of nitrogens with zero attached hydrogens (tertiary/aromatic N) is 6. The minimum atomic E-state index is 0.904. The van der Waals surface area contributed by atoms with Gasteiger partial charge in [-0.15, -0.1) is 0 Å². The van der Waals surface area contributed by atoms with Crippen LogP contribution in [-0.4, -0.2) is 28.2 Å². The van der Waals surface area contributed by atoms with Crippen LogP contribution < -0.4 is 0 Å². The summed E-state index contributed by atoms with van der Waals surface area (Å²) in [4.78, 5) is 9.91. The van der Waals surface area contributed by atoms with E-state index in [0.29, 0.717) is 0 Å². The summed E-state index contributed by atoms with van der Waals surface area (Å²) in [5, 5.41) is 17.0. The van der Waals surface area contributed by atoms with Crippen LogP contribution in [0.15, 0.2) is 328 Å². The molecule has 6 heterocycles. The Labute approximate surface area is 540 Å². The van der Waals surface area contributed by atoms with E-state index in [0.717, 1.165) is 94.8 Å². The Balaban J connectivity index is 0.736. The minimum Gasteiger partial charge on any atom is -0.309 e. The Bertz CT molecular complexity index is 6520. The van der Waals surface area contributed by atoms with Gasteiger partial charge in [0.2, 0.25) is 0 Å². The largest absolute Gasteiger partial charge is 0.309 e. The lowest BCUT2D eigenvalue weighted by Gasteiger charge is -2.15. The highest BCUT2D eigenvalue weighted by molar-refractivity contribution is 6.38. The Morgan fingerprint density at radius 2 is 0.596 bits per heavy atom. The molecule has 20 aromatic rings. The van der Waals surface area contributed by atoms with Crippen LogP contribution in [0.4, 0.5) is 0 Å². The van der Waals surface area contributed by atoms with E-state index in [9.17, 15) is 0 Å². The fraction of sp³-hybridized carbons (Fsp3) is 0. The highest BCUT2D eigenvalue weighted by atomic mass is 15.0. The molecule has 0 spiro atoms. The van der Waals surface area contributed by atoms with E-state index in [2.05, 4.69) is 339 Å². The van der Waals surface area contributed by atoms with Crippen LogP contribution in [0.5, 0.6) is 0 Å². The van der Waals surface area contributed by atoms with Gasteiger partial charge in [-0.05, 0) is 135 Å². The SMILES string of the molecule is c1ccc(-c2cc(-c3cccc(-c4cccc(-n5c6ccccc6c6c7ccccc7c7c(c8ccccc8n7-c7ccc8cnccc8c7)c65)c4)c3)cc(-c3ccc(-n4c5ccccc5c5c4c4ccccc4c4c6ccccc6n(-c6ccccc6)c45)cc3)n2)cc1. The van der Waals surface area contributed by atoms with E-state index >= 15 is 0 Å². The van der Waals surface area contributed by atoms with E-state index in [1.165, 1.54) is 92.2 Å². The van der Waals surface area contributed by atoms with E-state index in [-0.39, 0.29) is 0 Å². The number of fused-ring (bicyclic) bond motifs is 21. The van der Waals surface area contributed by atoms with Gasteiger partial charge in [0.15, 0.2) is 0 Å². The van der Waals surface area contributed by atoms with Gasteiger partial charge in [-0.2, -0.15) is 0 Å². The summed E-state index contributed by atoms with van der Waals surface area (Å²) in [6.45, 7) is 0. The van der Waals surface area contributed by atoms with Crippen LogP contribution in [0.25, 0.3) is 187 Å². The smallest absolute Gasteiger partial charge is 0.0715 e. The highest BCUT2D eigenvalue weighted by Gasteiger charge is 2.27. The van der Waals surface area contributed by atoms with Gasteiger partial charge < -0.3 is 18.3 Å². The maximum absolute atomic E-state index is 5.47. The van der Waals surface area contributed by atoms with E-state index in [4.69, 9.17) is 4.98 Å². The molecule has 6 heteroatoms. The summed E-state index contributed by atoms with van der Waals surface area (Å²) in [6.07, 6.45) is 3.83. The maximum Gasteiger partial charge on any atom is 0.0715 e. The van der Waals surface area contributed by atoms with E-state index in [1.807, 2.05) is 12.4 Å². The Morgan fingerprint density at radius 1 is 0.213 bits per heavy atom. The van der Waals surface area contributed by atoms with Gasteiger partial charge in [-0.3, -0.25) is 4.98 Å². The van der Waals surface area contributed by atoms with Crippen molar-refractivity contribution < 1.29 is 0 Å². The van der Waals surface area contributed by atoms with Crippen LogP contribution in [-0.2, 0) is 0 Å². The summed E-state index contributed by atoms with van der Waals surface area (Å²) < 4.78 is 9.97. The number of para-hydroxylation sites is 5. The zero-order chi connectivity index (χ0) is 61.5. The number of benzene rings is 14. The molecule has 0 radical (unpaired) electrons. The lowest BCUT2D eigenvalue weighted by atomic mass is 9.96. The molecule has 436 valence electrons. The second-order valence-corrected chi connectivity index (χ2v) is 24.8. The lowest BCUT2D eigenvalue weighted by molar-refractivity contribution is 1.18. The van der Waals surface area contributed by atoms with Crippen LogP contribution in [0.3, 0.4) is 0 Å². The molecule has 20 rings (SSSR count). The topological polar surface area (TPSA) is 45.5 Å². The molecule has 14 aromatic carbocycles. The third-order valence-corrected chi connectivity index (χ3v) is 19.7. The first kappa shape index (κ1) is 52.2. The first-order chi connectivity index (χ1) is 46.7. The van der Waals surface area contributed by atoms with Crippen molar-refractivity contribution >= 4 is 120 Å². The number of hydrogen-bond donors (Lipinski definition) is 0. The van der Waals surface area contributed by atoms with Crippen molar-refractivity contribution in [3.05, 3.63) is 328 Å². The van der Waals surface area contributed by atoms with Gasteiger partial charge in [0.25, 0.3) is 0 Å². The Kier molecular flexibility index (Phi) is 11.3. The molecule has 0 fully saturated rings. The number of aromatic nitrogens is 6. The van der Waals surface area contributed by atoms with E-state index < -0.39 is 0 Å². The fourth-order valence-electron chi connectivity index (χ4n) is 15.7. The van der Waals surface area contributed by atoms with Crippen molar-refractivity contribution in [2.24, 2.45) is 0 Å². The fourth-order valence-corrected chi connectivity index (χ4v) is 15.7. The molecule has 0 N–H and O–H groups in total. The summed E-state index contributed by atoms with van der Waals surface area (Å²) in [5.41, 5.74) is 22.3. The van der Waals surface area contributed by atoms with Gasteiger partial charge in [-0.25, -0.2) is 4.98 Å². The molecule has 0 aliphatic rings. The molecular formula is C88H54N6. The third-order valence-electron chi connectivity index (χ3n) is 19.7. The quantitative estimate of drug-likeness (QED) is 0.152. The van der Waals surface area contributed by atoms with Gasteiger partial charge in [0, 0.05) is 106 Å². The second kappa shape index (κ2) is 20.4. The molecule has 0 bridgehead atoms. The van der Waals surface area contributed by atoms with Crippen LogP contribution in [0.2, 0.25) is 0 Å². The van der Waals surface area contributed by atoms with Crippen LogP contribution in [0.1, 0.15) is 0 Å². The summed E-state index contributed by atoms with van der Waals surface area (Å²) in [7, 11) is 0. The average Bonchev–Trinajstić information content (AvgIpc) is 1.53. The zero-order valence-electron chi connectivity index (χ0n) is 50.9. The number of rotatable bonds is 8. The van der Waals surface area contributed by atoms with Gasteiger partial charge in [0.05, 0.1) is 55.5 Å². The summed E-state index contributed by atoms with van der Waals surface area (Å²) >= 11 is 0. The van der Waals surface area contributed by atoms with E-state index in [1.54, 1.807) is 0 Å². The normalized spacial score (nSPS) is 12.0. The zero-order valence-corrected chi connectivity index (χ0v) is 50.9. The molecule has 0 unspecified atom stereocenters. The van der Waals surface area contributed by atoms with Crippen molar-refractivity contribution in [3.8, 4) is 67.5 Å². The average molecular weight is 1200 g/mol. The maximum atomic E-state index is 5.47. The van der Waals surface area contributed by atoms with Crippen molar-refractivity contribution in [3.63, 3.8) is 0 Å².